The zero-order chi connectivity index (χ0) is 22.7. The number of aromatic nitrogens is 1. The Morgan fingerprint density at radius 1 is 1.19 bits per heavy atom. The summed E-state index contributed by atoms with van der Waals surface area (Å²) in [6, 6.07) is 16.6. The lowest BCUT2D eigenvalue weighted by molar-refractivity contribution is -0.385. The molecular weight excluding hydrogens is 434 g/mol. The van der Waals surface area contributed by atoms with Crippen LogP contribution in [0.1, 0.15) is 12.5 Å². The van der Waals surface area contributed by atoms with Crippen molar-refractivity contribution in [2.24, 2.45) is 0 Å². The number of aryl methyl sites for hydroxylation is 1. The van der Waals surface area contributed by atoms with E-state index in [2.05, 4.69) is 17.2 Å². The van der Waals surface area contributed by atoms with Crippen LogP contribution in [-0.2, 0) is 11.2 Å². The van der Waals surface area contributed by atoms with E-state index in [0.29, 0.717) is 27.7 Å². The van der Waals surface area contributed by atoms with E-state index in [1.165, 1.54) is 18.2 Å². The number of benzene rings is 3. The van der Waals surface area contributed by atoms with Gasteiger partial charge in [0, 0.05) is 11.8 Å². The van der Waals surface area contributed by atoms with Crippen LogP contribution in [0.3, 0.4) is 0 Å². The summed E-state index contributed by atoms with van der Waals surface area (Å²) in [5.74, 6) is -0.130. The summed E-state index contributed by atoms with van der Waals surface area (Å²) in [4.78, 5) is 27.3. The molecule has 4 aromatic rings. The van der Waals surface area contributed by atoms with E-state index < -0.39 is 17.4 Å². The molecule has 0 atom stereocenters. The summed E-state index contributed by atoms with van der Waals surface area (Å²) < 4.78 is 11.2. The molecule has 4 rings (SSSR count). The first-order valence-electron chi connectivity index (χ1n) is 9.80. The highest BCUT2D eigenvalue weighted by atomic mass is 35.5. The lowest BCUT2D eigenvalue weighted by Crippen LogP contribution is -2.20. The Balaban J connectivity index is 1.50. The van der Waals surface area contributed by atoms with Crippen molar-refractivity contribution in [3.05, 3.63) is 81.4 Å². The molecule has 162 valence electrons. The fraction of sp³-hybridized carbons (Fsp3) is 0.130. The lowest BCUT2D eigenvalue weighted by atomic mass is 10.1. The number of nitro groups is 1. The number of nitrogens with one attached hydrogen (secondary N) is 1. The van der Waals surface area contributed by atoms with Crippen molar-refractivity contribution in [1.82, 2.24) is 4.98 Å². The Morgan fingerprint density at radius 2 is 2.00 bits per heavy atom. The lowest BCUT2D eigenvalue weighted by Gasteiger charge is -2.09. The number of fused-ring (bicyclic) bond motifs is 1. The Labute approximate surface area is 187 Å². The number of rotatable bonds is 7. The quantitative estimate of drug-likeness (QED) is 0.288. The summed E-state index contributed by atoms with van der Waals surface area (Å²) >= 11 is 6.34. The average Bonchev–Trinajstić information content (AvgIpc) is 3.22. The molecule has 0 saturated carbocycles. The summed E-state index contributed by atoms with van der Waals surface area (Å²) in [6.45, 7) is 1.66. The van der Waals surface area contributed by atoms with E-state index >= 15 is 0 Å². The molecule has 0 bridgehead atoms. The van der Waals surface area contributed by atoms with Gasteiger partial charge < -0.3 is 14.5 Å². The molecule has 1 amide bonds. The third kappa shape index (κ3) is 4.55. The monoisotopic (exact) mass is 451 g/mol. The van der Waals surface area contributed by atoms with Crippen molar-refractivity contribution in [3.63, 3.8) is 0 Å². The van der Waals surface area contributed by atoms with Gasteiger partial charge in [0.25, 0.3) is 5.91 Å². The van der Waals surface area contributed by atoms with Crippen LogP contribution in [0.15, 0.2) is 65.1 Å². The number of amides is 1. The molecule has 8 nitrogen and oxygen atoms in total. The fourth-order valence-electron chi connectivity index (χ4n) is 3.15. The van der Waals surface area contributed by atoms with Crippen molar-refractivity contribution in [2.45, 2.75) is 13.3 Å². The summed E-state index contributed by atoms with van der Waals surface area (Å²) in [5.41, 5.74) is 3.28. The first-order chi connectivity index (χ1) is 15.4. The van der Waals surface area contributed by atoms with Crippen molar-refractivity contribution < 1.29 is 18.9 Å². The summed E-state index contributed by atoms with van der Waals surface area (Å²) in [5, 5.41) is 14.2. The van der Waals surface area contributed by atoms with Gasteiger partial charge in [-0.1, -0.05) is 36.7 Å². The number of para-hydroxylation sites is 2. The highest BCUT2D eigenvalue weighted by Gasteiger charge is 2.16. The number of carbonyl (C=O) groups excluding carboxylic acids is 1. The molecule has 0 aliphatic carbocycles. The van der Waals surface area contributed by atoms with Gasteiger partial charge in [0.15, 0.2) is 17.9 Å². The number of ether oxygens (including phenoxy) is 1. The topological polar surface area (TPSA) is 108 Å². The molecule has 1 N–H and O–H groups in total. The van der Waals surface area contributed by atoms with Gasteiger partial charge in [-0.3, -0.25) is 14.9 Å². The number of oxazole rings is 1. The van der Waals surface area contributed by atoms with Gasteiger partial charge in [-0.25, -0.2) is 4.98 Å². The smallest absolute Gasteiger partial charge is 0.310 e. The number of nitro benzene ring substituents is 1. The molecule has 0 radical (unpaired) electrons. The SMILES string of the molecule is CCc1ccc2oc(-c3cc(NC(=O)COc4ccccc4[N+](=O)[O-])ccc3Cl)nc2c1. The van der Waals surface area contributed by atoms with Gasteiger partial charge in [0.1, 0.15) is 5.52 Å². The van der Waals surface area contributed by atoms with Crippen molar-refractivity contribution in [1.29, 1.82) is 0 Å². The van der Waals surface area contributed by atoms with E-state index in [0.717, 1.165) is 17.5 Å². The maximum Gasteiger partial charge on any atom is 0.310 e. The largest absolute Gasteiger partial charge is 0.477 e. The predicted molar refractivity (Wildman–Crippen MR) is 121 cm³/mol. The number of carbonyl (C=O) groups is 1. The van der Waals surface area contributed by atoms with Gasteiger partial charge in [-0.2, -0.15) is 0 Å². The highest BCUT2D eigenvalue weighted by Crippen LogP contribution is 2.32. The van der Waals surface area contributed by atoms with Crippen LogP contribution in [0, 0.1) is 10.1 Å². The molecule has 0 saturated heterocycles. The van der Waals surface area contributed by atoms with Gasteiger partial charge in [0.05, 0.1) is 15.5 Å². The van der Waals surface area contributed by atoms with Crippen LogP contribution in [0.25, 0.3) is 22.6 Å². The Morgan fingerprint density at radius 3 is 2.78 bits per heavy atom. The van der Waals surface area contributed by atoms with Gasteiger partial charge >= 0.3 is 5.69 Å². The second-order valence-electron chi connectivity index (χ2n) is 6.93. The van der Waals surface area contributed by atoms with E-state index in [-0.39, 0.29) is 11.4 Å². The molecule has 32 heavy (non-hydrogen) atoms. The third-order valence-corrected chi connectivity index (χ3v) is 5.09. The third-order valence-electron chi connectivity index (χ3n) is 4.76. The van der Waals surface area contributed by atoms with E-state index in [1.54, 1.807) is 24.3 Å². The zero-order valence-electron chi connectivity index (χ0n) is 17.0. The maximum absolute atomic E-state index is 12.3. The average molecular weight is 452 g/mol. The second kappa shape index (κ2) is 9.07. The summed E-state index contributed by atoms with van der Waals surface area (Å²) in [7, 11) is 0. The van der Waals surface area contributed by atoms with E-state index in [4.69, 9.17) is 20.8 Å². The van der Waals surface area contributed by atoms with Crippen molar-refractivity contribution in [3.8, 4) is 17.2 Å². The highest BCUT2D eigenvalue weighted by molar-refractivity contribution is 6.33. The van der Waals surface area contributed by atoms with Crippen LogP contribution in [-0.4, -0.2) is 22.4 Å². The Bertz CT molecular complexity index is 1320. The van der Waals surface area contributed by atoms with E-state index in [9.17, 15) is 14.9 Å². The van der Waals surface area contributed by atoms with Crippen LogP contribution in [0.2, 0.25) is 5.02 Å². The van der Waals surface area contributed by atoms with Crippen LogP contribution in [0.4, 0.5) is 11.4 Å². The maximum atomic E-state index is 12.3. The van der Waals surface area contributed by atoms with Gasteiger partial charge in [0.2, 0.25) is 5.89 Å². The molecule has 9 heteroatoms. The molecule has 0 unspecified atom stereocenters. The van der Waals surface area contributed by atoms with Crippen LogP contribution >= 0.6 is 11.6 Å². The van der Waals surface area contributed by atoms with Gasteiger partial charge in [-0.05, 0) is 48.4 Å². The second-order valence-corrected chi connectivity index (χ2v) is 7.34. The number of hydrogen-bond acceptors (Lipinski definition) is 6. The number of nitrogens with zero attached hydrogens (tertiary/aromatic N) is 2. The Hall–Kier alpha value is -3.91. The number of hydrogen-bond donors (Lipinski definition) is 1. The molecule has 0 aliphatic heterocycles. The van der Waals surface area contributed by atoms with E-state index in [1.807, 2.05) is 18.2 Å². The molecule has 3 aromatic carbocycles. The first-order valence-corrected chi connectivity index (χ1v) is 10.2. The van der Waals surface area contributed by atoms with Crippen LogP contribution < -0.4 is 10.1 Å². The van der Waals surface area contributed by atoms with Crippen LogP contribution in [0.5, 0.6) is 5.75 Å². The zero-order valence-corrected chi connectivity index (χ0v) is 17.8. The normalized spacial score (nSPS) is 10.8. The molecular formula is C23H18ClN3O5. The Kier molecular flexibility index (Phi) is 6.04. The molecule has 0 fully saturated rings. The molecule has 1 heterocycles. The molecule has 1 aromatic heterocycles. The predicted octanol–water partition coefficient (Wildman–Crippen LogP) is 5.64. The minimum Gasteiger partial charge on any atom is -0.477 e. The number of anilines is 1. The standard InChI is InChI=1S/C23H18ClN3O5/c1-2-14-7-10-20-18(11-14)26-23(32-20)16-12-15(8-9-17(16)24)25-22(28)13-31-21-6-4-3-5-19(21)27(29)30/h3-12H,2,13H2,1H3,(H,25,28). The molecule has 0 spiro atoms. The van der Waals surface area contributed by atoms with Crippen molar-refractivity contribution in [2.75, 3.05) is 11.9 Å². The summed E-state index contributed by atoms with van der Waals surface area (Å²) in [6.07, 6.45) is 0.884. The van der Waals surface area contributed by atoms with Crippen molar-refractivity contribution >= 4 is 40.0 Å². The minimum absolute atomic E-state index is 0.0161. The first kappa shape index (κ1) is 21.3. The number of halogens is 1. The molecule has 0 aliphatic rings. The minimum atomic E-state index is -0.567. The van der Waals surface area contributed by atoms with Gasteiger partial charge in [-0.15, -0.1) is 0 Å². The fourth-order valence-corrected chi connectivity index (χ4v) is 3.34.